The third-order valence-electron chi connectivity index (χ3n) is 2.71. The van der Waals surface area contributed by atoms with Gasteiger partial charge in [0.05, 0.1) is 6.61 Å². The van der Waals surface area contributed by atoms with Gasteiger partial charge < -0.3 is 15.0 Å². The van der Waals surface area contributed by atoms with Gasteiger partial charge in [-0.15, -0.1) is 0 Å². The second-order valence-electron chi connectivity index (χ2n) is 4.26. The Morgan fingerprint density at radius 2 is 2.05 bits per heavy atom. The minimum Gasteiger partial charge on any atom is -0.494 e. The number of aromatic nitrogens is 1. The maximum Gasteiger partial charge on any atom is 0.220 e. The molecule has 0 atom stereocenters. The van der Waals surface area contributed by atoms with Crippen molar-refractivity contribution in [3.8, 4) is 5.75 Å². The van der Waals surface area contributed by atoms with Crippen molar-refractivity contribution in [3.05, 3.63) is 54.4 Å². The molecule has 0 bridgehead atoms. The minimum atomic E-state index is 0.0536. The molecule has 0 saturated carbocycles. The summed E-state index contributed by atoms with van der Waals surface area (Å²) >= 11 is 0. The molecule has 4 nitrogen and oxygen atoms in total. The van der Waals surface area contributed by atoms with Gasteiger partial charge in [-0.2, -0.15) is 0 Å². The number of benzene rings is 1. The van der Waals surface area contributed by atoms with Crippen LogP contribution in [-0.4, -0.2) is 17.5 Å². The summed E-state index contributed by atoms with van der Waals surface area (Å²) in [6, 6.07) is 11.6. The highest BCUT2D eigenvalue weighted by atomic mass is 16.5. The van der Waals surface area contributed by atoms with Gasteiger partial charge in [-0.05, 0) is 30.2 Å². The fourth-order valence-corrected chi connectivity index (χ4v) is 1.70. The SMILES string of the molecule is O=C(CCCOc1ccccc1)NCc1cc[nH]c1. The molecular formula is C15H18N2O2. The van der Waals surface area contributed by atoms with E-state index in [1.165, 1.54) is 0 Å². The molecule has 0 spiro atoms. The molecule has 2 N–H and O–H groups in total. The summed E-state index contributed by atoms with van der Waals surface area (Å²) in [6.07, 6.45) is 4.92. The molecule has 0 radical (unpaired) electrons. The molecule has 0 aliphatic carbocycles. The molecular weight excluding hydrogens is 240 g/mol. The maximum atomic E-state index is 11.6. The number of carbonyl (C=O) groups excluding carboxylic acids is 1. The van der Waals surface area contributed by atoms with E-state index in [-0.39, 0.29) is 5.91 Å². The number of rotatable bonds is 7. The number of ether oxygens (including phenoxy) is 1. The number of amides is 1. The third-order valence-corrected chi connectivity index (χ3v) is 2.71. The molecule has 2 aromatic rings. The van der Waals surface area contributed by atoms with Crippen molar-refractivity contribution in [2.24, 2.45) is 0 Å². The number of H-pyrrole nitrogens is 1. The van der Waals surface area contributed by atoms with Gasteiger partial charge >= 0.3 is 0 Å². The van der Waals surface area contributed by atoms with Crippen LogP contribution in [0, 0.1) is 0 Å². The van der Waals surface area contributed by atoms with Crippen LogP contribution in [0.15, 0.2) is 48.8 Å². The molecule has 1 aromatic carbocycles. The van der Waals surface area contributed by atoms with E-state index in [1.807, 2.05) is 48.8 Å². The Bertz CT molecular complexity index is 480. The van der Waals surface area contributed by atoms with Crippen molar-refractivity contribution in [1.29, 1.82) is 0 Å². The van der Waals surface area contributed by atoms with Crippen molar-refractivity contribution in [2.45, 2.75) is 19.4 Å². The van der Waals surface area contributed by atoms with E-state index in [9.17, 15) is 4.79 Å². The van der Waals surface area contributed by atoms with Gasteiger partial charge in [-0.25, -0.2) is 0 Å². The highest BCUT2D eigenvalue weighted by Crippen LogP contribution is 2.08. The zero-order valence-electron chi connectivity index (χ0n) is 10.8. The highest BCUT2D eigenvalue weighted by Gasteiger charge is 2.01. The molecule has 4 heteroatoms. The molecule has 0 saturated heterocycles. The molecule has 1 heterocycles. The highest BCUT2D eigenvalue weighted by molar-refractivity contribution is 5.75. The number of hydrogen-bond acceptors (Lipinski definition) is 2. The summed E-state index contributed by atoms with van der Waals surface area (Å²) in [5.74, 6) is 0.896. The molecule has 1 aromatic heterocycles. The molecule has 0 aliphatic heterocycles. The first-order valence-electron chi connectivity index (χ1n) is 6.41. The second-order valence-corrected chi connectivity index (χ2v) is 4.26. The minimum absolute atomic E-state index is 0.0536. The summed E-state index contributed by atoms with van der Waals surface area (Å²) in [5.41, 5.74) is 1.08. The average molecular weight is 258 g/mol. The first-order valence-corrected chi connectivity index (χ1v) is 6.41. The van der Waals surface area contributed by atoms with Gasteiger partial charge in [0, 0.05) is 25.4 Å². The maximum absolute atomic E-state index is 11.6. The lowest BCUT2D eigenvalue weighted by Crippen LogP contribution is -2.22. The van der Waals surface area contributed by atoms with Gasteiger partial charge in [0.15, 0.2) is 0 Å². The number of para-hydroxylation sites is 1. The van der Waals surface area contributed by atoms with Crippen LogP contribution in [0.3, 0.4) is 0 Å². The Morgan fingerprint density at radius 1 is 1.21 bits per heavy atom. The number of hydrogen-bond donors (Lipinski definition) is 2. The predicted molar refractivity (Wildman–Crippen MR) is 73.8 cm³/mol. The van der Waals surface area contributed by atoms with Crippen molar-refractivity contribution in [1.82, 2.24) is 10.3 Å². The van der Waals surface area contributed by atoms with E-state index in [1.54, 1.807) is 0 Å². The van der Waals surface area contributed by atoms with Crippen LogP contribution >= 0.6 is 0 Å². The summed E-state index contributed by atoms with van der Waals surface area (Å²) in [6.45, 7) is 1.13. The summed E-state index contributed by atoms with van der Waals surface area (Å²) in [5, 5.41) is 2.87. The number of aromatic amines is 1. The van der Waals surface area contributed by atoms with Gasteiger partial charge in [0.2, 0.25) is 5.91 Å². The van der Waals surface area contributed by atoms with Crippen molar-refractivity contribution < 1.29 is 9.53 Å². The predicted octanol–water partition coefficient (Wildman–Crippen LogP) is 2.49. The topological polar surface area (TPSA) is 54.1 Å². The van der Waals surface area contributed by atoms with Crippen LogP contribution in [0.1, 0.15) is 18.4 Å². The average Bonchev–Trinajstić information content (AvgIpc) is 2.96. The van der Waals surface area contributed by atoms with Crippen LogP contribution in [0.2, 0.25) is 0 Å². The van der Waals surface area contributed by atoms with Crippen LogP contribution in [0.25, 0.3) is 0 Å². The first kappa shape index (κ1) is 13.2. The third kappa shape index (κ3) is 4.87. The van der Waals surface area contributed by atoms with E-state index in [0.717, 1.165) is 11.3 Å². The fraction of sp³-hybridized carbons (Fsp3) is 0.267. The second kappa shape index (κ2) is 7.26. The van der Waals surface area contributed by atoms with Gasteiger partial charge in [0.1, 0.15) is 5.75 Å². The van der Waals surface area contributed by atoms with E-state index in [2.05, 4.69) is 10.3 Å². The smallest absolute Gasteiger partial charge is 0.220 e. The van der Waals surface area contributed by atoms with Crippen molar-refractivity contribution >= 4 is 5.91 Å². The molecule has 2 rings (SSSR count). The zero-order chi connectivity index (χ0) is 13.3. The number of carbonyl (C=O) groups is 1. The lowest BCUT2D eigenvalue weighted by Gasteiger charge is -2.06. The van der Waals surface area contributed by atoms with Gasteiger partial charge in [0.25, 0.3) is 0 Å². The summed E-state index contributed by atoms with van der Waals surface area (Å²) < 4.78 is 5.52. The lowest BCUT2D eigenvalue weighted by atomic mass is 10.3. The lowest BCUT2D eigenvalue weighted by molar-refractivity contribution is -0.121. The number of nitrogens with one attached hydrogen (secondary N) is 2. The first-order chi connectivity index (χ1) is 9.34. The Kier molecular flexibility index (Phi) is 5.05. The normalized spacial score (nSPS) is 10.1. The summed E-state index contributed by atoms with van der Waals surface area (Å²) in [7, 11) is 0. The van der Waals surface area contributed by atoms with Crippen molar-refractivity contribution in [2.75, 3.05) is 6.61 Å². The van der Waals surface area contributed by atoms with Crippen LogP contribution < -0.4 is 10.1 Å². The summed E-state index contributed by atoms with van der Waals surface area (Å²) in [4.78, 5) is 14.5. The van der Waals surface area contributed by atoms with Crippen molar-refractivity contribution in [3.63, 3.8) is 0 Å². The molecule has 100 valence electrons. The fourth-order valence-electron chi connectivity index (χ4n) is 1.70. The van der Waals surface area contributed by atoms with E-state index in [0.29, 0.717) is 26.0 Å². The van der Waals surface area contributed by atoms with Crippen LogP contribution in [0.5, 0.6) is 5.75 Å². The monoisotopic (exact) mass is 258 g/mol. The van der Waals surface area contributed by atoms with Crippen LogP contribution in [-0.2, 0) is 11.3 Å². The Morgan fingerprint density at radius 3 is 2.79 bits per heavy atom. The Labute approximate surface area is 112 Å². The largest absolute Gasteiger partial charge is 0.494 e. The standard InChI is InChI=1S/C15H18N2O2/c18-15(17-12-13-8-9-16-11-13)7-4-10-19-14-5-2-1-3-6-14/h1-3,5-6,8-9,11,16H,4,7,10,12H2,(H,17,18). The van der Waals surface area contributed by atoms with E-state index < -0.39 is 0 Å². The molecule has 19 heavy (non-hydrogen) atoms. The van der Waals surface area contributed by atoms with E-state index in [4.69, 9.17) is 4.74 Å². The zero-order valence-corrected chi connectivity index (χ0v) is 10.8. The van der Waals surface area contributed by atoms with Gasteiger partial charge in [-0.1, -0.05) is 18.2 Å². The molecule has 0 aliphatic rings. The van der Waals surface area contributed by atoms with Crippen LogP contribution in [0.4, 0.5) is 0 Å². The Hall–Kier alpha value is -2.23. The molecule has 0 unspecified atom stereocenters. The van der Waals surface area contributed by atoms with E-state index >= 15 is 0 Å². The quantitative estimate of drug-likeness (QED) is 0.750. The van der Waals surface area contributed by atoms with Gasteiger partial charge in [-0.3, -0.25) is 4.79 Å². The molecule has 1 amide bonds. The Balaban J connectivity index is 1.57. The molecule has 0 fully saturated rings.